The average Bonchev–Trinajstić information content (AvgIpc) is 3.39. The third kappa shape index (κ3) is 5.62. The molecule has 1 atom stereocenters. The summed E-state index contributed by atoms with van der Waals surface area (Å²) in [5.74, 6) is -0.362. The van der Waals surface area contributed by atoms with Crippen molar-refractivity contribution in [3.8, 4) is 0 Å². The molecule has 0 radical (unpaired) electrons. The number of hydrogen-bond acceptors (Lipinski definition) is 5. The molecule has 0 spiro atoms. The Labute approximate surface area is 220 Å². The zero-order valence-corrected chi connectivity index (χ0v) is 22.0. The number of hydrogen-bond donors (Lipinski definition) is 0. The van der Waals surface area contributed by atoms with Crippen LogP contribution in [0.25, 0.3) is 0 Å². The number of ether oxygens (including phenoxy) is 1. The Morgan fingerprint density at radius 1 is 1.11 bits per heavy atom. The van der Waals surface area contributed by atoms with E-state index in [0.717, 1.165) is 25.7 Å². The van der Waals surface area contributed by atoms with Crippen LogP contribution in [0.2, 0.25) is 10.0 Å². The van der Waals surface area contributed by atoms with Crippen molar-refractivity contribution < 1.29 is 17.9 Å². The van der Waals surface area contributed by atoms with Gasteiger partial charge in [0.25, 0.3) is 5.91 Å². The molecule has 3 aromatic rings. The summed E-state index contributed by atoms with van der Waals surface area (Å²) in [6.07, 6.45) is 5.02. The van der Waals surface area contributed by atoms with Crippen LogP contribution >= 0.6 is 23.2 Å². The molecule has 36 heavy (non-hydrogen) atoms. The monoisotopic (exact) mass is 547 g/mol. The molecule has 2 fully saturated rings. The lowest BCUT2D eigenvalue weighted by atomic mass is 10.2. The van der Waals surface area contributed by atoms with Gasteiger partial charge < -0.3 is 14.2 Å². The largest absolute Gasteiger partial charge is 0.376 e. The van der Waals surface area contributed by atoms with Gasteiger partial charge in [-0.2, -0.15) is 0 Å². The first-order valence-electron chi connectivity index (χ1n) is 12.0. The van der Waals surface area contributed by atoms with Gasteiger partial charge in [0.2, 0.25) is 15.0 Å². The summed E-state index contributed by atoms with van der Waals surface area (Å²) in [5.41, 5.74) is 1.72. The van der Waals surface area contributed by atoms with Gasteiger partial charge in [0.15, 0.2) is 0 Å². The summed E-state index contributed by atoms with van der Waals surface area (Å²) >= 11 is 12.4. The summed E-state index contributed by atoms with van der Waals surface area (Å²) in [5, 5.41) is 0.749. The second kappa shape index (κ2) is 10.5. The topological polar surface area (TPSA) is 81.5 Å². The maximum absolute atomic E-state index is 13.5. The summed E-state index contributed by atoms with van der Waals surface area (Å²) in [4.78, 5) is 19.6. The SMILES string of the molecule is O=C(c1ccc(Cl)cc1Cl)N(Cc1cnc(S(=O)(=O)Cc2ccccc2)n1C[C@@H]1CCCO1)C1CC1. The van der Waals surface area contributed by atoms with Gasteiger partial charge in [0.1, 0.15) is 0 Å². The van der Waals surface area contributed by atoms with Crippen molar-refractivity contribution in [3.05, 3.63) is 81.6 Å². The summed E-state index contributed by atoms with van der Waals surface area (Å²) in [6, 6.07) is 13.9. The van der Waals surface area contributed by atoms with Crippen molar-refractivity contribution in [3.63, 3.8) is 0 Å². The van der Waals surface area contributed by atoms with Crippen LogP contribution in [-0.2, 0) is 33.4 Å². The molecule has 190 valence electrons. The highest BCUT2D eigenvalue weighted by molar-refractivity contribution is 7.90. The molecule has 2 aromatic carbocycles. The molecule has 1 amide bonds. The van der Waals surface area contributed by atoms with E-state index < -0.39 is 9.84 Å². The molecule has 2 aliphatic rings. The Morgan fingerprint density at radius 2 is 1.89 bits per heavy atom. The molecular formula is C26H27Cl2N3O4S. The minimum Gasteiger partial charge on any atom is -0.376 e. The van der Waals surface area contributed by atoms with Crippen molar-refractivity contribution in [1.29, 1.82) is 0 Å². The Balaban J connectivity index is 1.47. The summed E-state index contributed by atoms with van der Waals surface area (Å²) in [6.45, 7) is 1.25. The number of sulfone groups is 1. The zero-order valence-electron chi connectivity index (χ0n) is 19.6. The van der Waals surface area contributed by atoms with Gasteiger partial charge in [-0.05, 0) is 49.4 Å². The van der Waals surface area contributed by atoms with E-state index in [1.807, 2.05) is 18.2 Å². The minimum atomic E-state index is -3.73. The fourth-order valence-electron chi connectivity index (χ4n) is 4.56. The fraction of sp³-hybridized carbons (Fsp3) is 0.385. The predicted octanol–water partition coefficient (Wildman–Crippen LogP) is 5.15. The Morgan fingerprint density at radius 3 is 2.56 bits per heavy atom. The summed E-state index contributed by atoms with van der Waals surface area (Å²) in [7, 11) is -3.73. The lowest BCUT2D eigenvalue weighted by Crippen LogP contribution is -2.34. The second-order valence-electron chi connectivity index (χ2n) is 9.31. The van der Waals surface area contributed by atoms with Crippen molar-refractivity contribution in [2.45, 2.75) is 61.8 Å². The first-order valence-corrected chi connectivity index (χ1v) is 14.4. The van der Waals surface area contributed by atoms with Crippen LogP contribution in [0.4, 0.5) is 0 Å². The summed E-state index contributed by atoms with van der Waals surface area (Å²) < 4.78 is 34.4. The minimum absolute atomic E-state index is 0.00424. The van der Waals surface area contributed by atoms with Gasteiger partial charge in [-0.1, -0.05) is 53.5 Å². The standard InChI is InChI=1S/C26H27Cl2N3O4S/c27-19-8-11-23(24(28)13-19)25(32)30(20-9-10-20)15-21-14-29-26(31(21)16-22-7-4-12-35-22)36(33,34)17-18-5-2-1-3-6-18/h1-3,5-6,8,11,13-14,20,22H,4,7,9-10,12,15-17H2/t22-/m0/s1. The van der Waals surface area contributed by atoms with Crippen LogP contribution in [0.15, 0.2) is 59.9 Å². The second-order valence-corrected chi connectivity index (χ2v) is 12.0. The number of amides is 1. The van der Waals surface area contributed by atoms with E-state index in [-0.39, 0.29) is 40.5 Å². The quantitative estimate of drug-likeness (QED) is 0.370. The van der Waals surface area contributed by atoms with Crippen molar-refractivity contribution in [2.24, 2.45) is 0 Å². The van der Waals surface area contributed by atoms with E-state index in [9.17, 15) is 13.2 Å². The van der Waals surface area contributed by atoms with Crippen LogP contribution in [0.5, 0.6) is 0 Å². The molecule has 0 unspecified atom stereocenters. The van der Waals surface area contributed by atoms with Gasteiger partial charge in [0, 0.05) is 17.7 Å². The van der Waals surface area contributed by atoms with E-state index in [4.69, 9.17) is 27.9 Å². The van der Waals surface area contributed by atoms with Crippen LogP contribution in [0.1, 0.15) is 47.3 Å². The molecule has 1 saturated carbocycles. The van der Waals surface area contributed by atoms with Crippen LogP contribution in [0.3, 0.4) is 0 Å². The van der Waals surface area contributed by atoms with Crippen molar-refractivity contribution >= 4 is 38.9 Å². The lowest BCUT2D eigenvalue weighted by Gasteiger charge is -2.24. The van der Waals surface area contributed by atoms with Crippen LogP contribution in [-0.4, -0.2) is 47.5 Å². The van der Waals surface area contributed by atoms with E-state index in [1.165, 1.54) is 0 Å². The smallest absolute Gasteiger partial charge is 0.255 e. The number of imidazole rings is 1. The molecule has 1 aromatic heterocycles. The van der Waals surface area contributed by atoms with E-state index in [0.29, 0.717) is 35.0 Å². The Hall–Kier alpha value is -2.39. The highest BCUT2D eigenvalue weighted by atomic mass is 35.5. The fourth-order valence-corrected chi connectivity index (χ4v) is 6.55. The molecule has 10 heteroatoms. The van der Waals surface area contributed by atoms with Crippen LogP contribution < -0.4 is 0 Å². The molecule has 1 aliphatic heterocycles. The van der Waals surface area contributed by atoms with Gasteiger partial charge in [-0.3, -0.25) is 4.79 Å². The number of nitrogens with zero attached hydrogens (tertiary/aromatic N) is 3. The average molecular weight is 548 g/mol. The molecule has 1 aliphatic carbocycles. The Kier molecular flexibility index (Phi) is 7.40. The number of halogens is 2. The highest BCUT2D eigenvalue weighted by Gasteiger charge is 2.36. The van der Waals surface area contributed by atoms with Crippen molar-refractivity contribution in [2.75, 3.05) is 6.61 Å². The molecule has 5 rings (SSSR count). The van der Waals surface area contributed by atoms with Crippen LogP contribution in [0, 0.1) is 0 Å². The number of carbonyl (C=O) groups is 1. The first kappa shape index (κ1) is 25.3. The molecule has 0 N–H and O–H groups in total. The lowest BCUT2D eigenvalue weighted by molar-refractivity contribution is 0.0718. The number of carbonyl (C=O) groups excluding carboxylic acids is 1. The molecule has 2 heterocycles. The number of benzene rings is 2. The van der Waals surface area contributed by atoms with Gasteiger partial charge >= 0.3 is 0 Å². The van der Waals surface area contributed by atoms with E-state index in [1.54, 1.807) is 46.0 Å². The molecule has 0 bridgehead atoms. The molecular weight excluding hydrogens is 521 g/mol. The normalized spacial score (nSPS) is 17.9. The number of aromatic nitrogens is 2. The van der Waals surface area contributed by atoms with Gasteiger partial charge in [0.05, 0.1) is 47.4 Å². The highest BCUT2D eigenvalue weighted by Crippen LogP contribution is 2.33. The predicted molar refractivity (Wildman–Crippen MR) is 138 cm³/mol. The third-order valence-electron chi connectivity index (χ3n) is 6.53. The zero-order chi connectivity index (χ0) is 25.3. The maximum atomic E-state index is 13.5. The first-order chi connectivity index (χ1) is 17.3. The van der Waals surface area contributed by atoms with Gasteiger partial charge in [-0.15, -0.1) is 0 Å². The van der Waals surface area contributed by atoms with Gasteiger partial charge in [-0.25, -0.2) is 13.4 Å². The Bertz CT molecular complexity index is 1350. The third-order valence-corrected chi connectivity index (χ3v) is 8.68. The molecule has 7 nitrogen and oxygen atoms in total. The molecule has 1 saturated heterocycles. The van der Waals surface area contributed by atoms with E-state index >= 15 is 0 Å². The van der Waals surface area contributed by atoms with Crippen molar-refractivity contribution in [1.82, 2.24) is 14.5 Å². The number of rotatable bonds is 9. The maximum Gasteiger partial charge on any atom is 0.255 e. The van der Waals surface area contributed by atoms with E-state index in [2.05, 4.69) is 4.98 Å².